The predicted octanol–water partition coefficient (Wildman–Crippen LogP) is 5.61. The van der Waals surface area contributed by atoms with Crippen molar-refractivity contribution in [1.82, 2.24) is 5.32 Å². The van der Waals surface area contributed by atoms with Crippen molar-refractivity contribution in [3.8, 4) is 5.75 Å². The van der Waals surface area contributed by atoms with Crippen LogP contribution in [0.25, 0.3) is 10.8 Å². The van der Waals surface area contributed by atoms with E-state index in [1.807, 2.05) is 12.1 Å². The Kier molecular flexibility index (Phi) is 5.95. The van der Waals surface area contributed by atoms with E-state index in [4.69, 9.17) is 16.3 Å². The third-order valence-corrected chi connectivity index (χ3v) is 4.42. The number of fused-ring (bicyclic) bond motifs is 1. The van der Waals surface area contributed by atoms with Crippen LogP contribution in [0.15, 0.2) is 60.7 Å². The molecule has 0 aliphatic rings. The summed E-state index contributed by atoms with van der Waals surface area (Å²) < 4.78 is 6.03. The molecule has 0 saturated carbocycles. The zero-order valence-corrected chi connectivity index (χ0v) is 15.5. The third-order valence-electron chi connectivity index (χ3n) is 4.17. The maximum Gasteiger partial charge on any atom is 0.124 e. The van der Waals surface area contributed by atoms with Gasteiger partial charge in [0.1, 0.15) is 5.75 Å². The summed E-state index contributed by atoms with van der Waals surface area (Å²) in [6.45, 7) is 5.82. The minimum atomic E-state index is 0.161. The first-order chi connectivity index (χ1) is 12.1. The van der Waals surface area contributed by atoms with Crippen molar-refractivity contribution in [2.24, 2.45) is 0 Å². The summed E-state index contributed by atoms with van der Waals surface area (Å²) in [6.07, 6.45) is 1.14. The molecule has 2 nitrogen and oxygen atoms in total. The largest absolute Gasteiger partial charge is 0.491 e. The van der Waals surface area contributed by atoms with E-state index in [1.165, 1.54) is 21.9 Å². The predicted molar refractivity (Wildman–Crippen MR) is 107 cm³/mol. The summed E-state index contributed by atoms with van der Waals surface area (Å²) in [5.41, 5.74) is 2.51. The summed E-state index contributed by atoms with van der Waals surface area (Å²) in [5, 5.41) is 6.83. The fourth-order valence-electron chi connectivity index (χ4n) is 2.96. The number of nitrogens with one attached hydrogen (secondary N) is 1. The lowest BCUT2D eigenvalue weighted by Gasteiger charge is -2.17. The van der Waals surface area contributed by atoms with Crippen LogP contribution in [0, 0.1) is 0 Å². The highest BCUT2D eigenvalue weighted by atomic mass is 35.5. The van der Waals surface area contributed by atoms with Crippen LogP contribution in [0.5, 0.6) is 5.75 Å². The molecule has 0 aromatic heterocycles. The zero-order chi connectivity index (χ0) is 17.6. The van der Waals surface area contributed by atoms with E-state index in [0.29, 0.717) is 0 Å². The molecule has 0 atom stereocenters. The van der Waals surface area contributed by atoms with E-state index >= 15 is 0 Å². The van der Waals surface area contributed by atoms with Gasteiger partial charge >= 0.3 is 0 Å². The Morgan fingerprint density at radius 3 is 2.48 bits per heavy atom. The number of rotatable bonds is 7. The first kappa shape index (κ1) is 17.8. The molecular formula is C22H24ClNO. The van der Waals surface area contributed by atoms with Crippen LogP contribution in [0.2, 0.25) is 5.02 Å². The number of hydrogen-bond donors (Lipinski definition) is 1. The zero-order valence-electron chi connectivity index (χ0n) is 14.8. The molecule has 3 aromatic carbocycles. The van der Waals surface area contributed by atoms with E-state index in [-0.39, 0.29) is 6.10 Å². The molecule has 0 aliphatic carbocycles. The first-order valence-electron chi connectivity index (χ1n) is 8.76. The van der Waals surface area contributed by atoms with Gasteiger partial charge in [-0.05, 0) is 61.3 Å². The molecule has 0 radical (unpaired) electrons. The lowest BCUT2D eigenvalue weighted by molar-refractivity contribution is 0.240. The van der Waals surface area contributed by atoms with Crippen LogP contribution >= 0.6 is 11.6 Å². The fraction of sp³-hybridized carbons (Fsp3) is 0.273. The van der Waals surface area contributed by atoms with E-state index in [0.717, 1.165) is 30.3 Å². The second-order valence-electron chi connectivity index (χ2n) is 6.48. The quantitative estimate of drug-likeness (QED) is 0.557. The van der Waals surface area contributed by atoms with Crippen molar-refractivity contribution in [1.29, 1.82) is 0 Å². The normalized spacial score (nSPS) is 11.2. The van der Waals surface area contributed by atoms with Crippen LogP contribution in [0.4, 0.5) is 0 Å². The minimum absolute atomic E-state index is 0.161. The Morgan fingerprint density at radius 1 is 0.960 bits per heavy atom. The molecule has 25 heavy (non-hydrogen) atoms. The lowest BCUT2D eigenvalue weighted by atomic mass is 10.0. The maximum atomic E-state index is 6.03. The van der Waals surface area contributed by atoms with Crippen LogP contribution in [-0.4, -0.2) is 12.6 Å². The Morgan fingerprint density at radius 2 is 1.72 bits per heavy atom. The van der Waals surface area contributed by atoms with Gasteiger partial charge in [0.05, 0.1) is 6.10 Å². The monoisotopic (exact) mass is 353 g/mol. The van der Waals surface area contributed by atoms with Gasteiger partial charge in [0.2, 0.25) is 0 Å². The van der Waals surface area contributed by atoms with Crippen molar-refractivity contribution < 1.29 is 4.74 Å². The van der Waals surface area contributed by atoms with Gasteiger partial charge in [-0.25, -0.2) is 0 Å². The van der Waals surface area contributed by atoms with Crippen LogP contribution in [0.3, 0.4) is 0 Å². The molecule has 0 bridgehead atoms. The molecule has 0 saturated heterocycles. The van der Waals surface area contributed by atoms with E-state index in [9.17, 15) is 0 Å². The molecule has 0 unspecified atom stereocenters. The molecule has 0 spiro atoms. The van der Waals surface area contributed by atoms with Crippen LogP contribution < -0.4 is 10.1 Å². The molecule has 1 N–H and O–H groups in total. The number of ether oxygens (including phenoxy) is 1. The van der Waals surface area contributed by atoms with Crippen LogP contribution in [-0.2, 0) is 13.0 Å². The highest BCUT2D eigenvalue weighted by Gasteiger charge is 2.10. The maximum absolute atomic E-state index is 6.03. The SMILES string of the molecule is CC(C)Oc1ccc2ccccc2c1CNCCc1ccc(Cl)cc1. The Bertz CT molecular complexity index is 827. The Balaban J connectivity index is 1.71. The molecule has 0 amide bonds. The van der Waals surface area contributed by atoms with Crippen molar-refractivity contribution in [3.05, 3.63) is 76.8 Å². The number of hydrogen-bond acceptors (Lipinski definition) is 2. The molecule has 0 aliphatic heterocycles. The highest BCUT2D eigenvalue weighted by molar-refractivity contribution is 6.30. The summed E-state index contributed by atoms with van der Waals surface area (Å²) in [5.74, 6) is 0.965. The third kappa shape index (κ3) is 4.75. The second kappa shape index (κ2) is 8.37. The van der Waals surface area contributed by atoms with E-state index < -0.39 is 0 Å². The summed E-state index contributed by atoms with van der Waals surface area (Å²) in [6, 6.07) is 20.7. The molecule has 3 rings (SSSR count). The molecular weight excluding hydrogens is 330 g/mol. The molecule has 3 heteroatoms. The second-order valence-corrected chi connectivity index (χ2v) is 6.92. The topological polar surface area (TPSA) is 21.3 Å². The van der Waals surface area contributed by atoms with Gasteiger partial charge in [0.15, 0.2) is 0 Å². The number of halogens is 1. The van der Waals surface area contributed by atoms with Gasteiger partial charge in [-0.3, -0.25) is 0 Å². The van der Waals surface area contributed by atoms with Crippen molar-refractivity contribution >= 4 is 22.4 Å². The van der Waals surface area contributed by atoms with Crippen LogP contribution in [0.1, 0.15) is 25.0 Å². The Labute approximate surface area is 154 Å². The van der Waals surface area contributed by atoms with Crippen molar-refractivity contribution in [2.75, 3.05) is 6.54 Å². The molecule has 130 valence electrons. The van der Waals surface area contributed by atoms with E-state index in [1.54, 1.807) is 0 Å². The number of benzene rings is 3. The lowest BCUT2D eigenvalue weighted by Crippen LogP contribution is -2.18. The summed E-state index contributed by atoms with van der Waals surface area (Å²) in [4.78, 5) is 0. The van der Waals surface area contributed by atoms with E-state index in [2.05, 4.69) is 67.7 Å². The smallest absolute Gasteiger partial charge is 0.124 e. The molecule has 0 fully saturated rings. The van der Waals surface area contributed by atoms with Gasteiger partial charge in [0, 0.05) is 17.1 Å². The Hall–Kier alpha value is -2.03. The summed E-state index contributed by atoms with van der Waals surface area (Å²) in [7, 11) is 0. The average molecular weight is 354 g/mol. The first-order valence-corrected chi connectivity index (χ1v) is 9.14. The van der Waals surface area contributed by atoms with Crippen molar-refractivity contribution in [3.63, 3.8) is 0 Å². The highest BCUT2D eigenvalue weighted by Crippen LogP contribution is 2.28. The minimum Gasteiger partial charge on any atom is -0.491 e. The average Bonchev–Trinajstić information content (AvgIpc) is 2.61. The van der Waals surface area contributed by atoms with Gasteiger partial charge in [-0.15, -0.1) is 0 Å². The van der Waals surface area contributed by atoms with Gasteiger partial charge in [-0.1, -0.05) is 54.1 Å². The van der Waals surface area contributed by atoms with Gasteiger partial charge in [0.25, 0.3) is 0 Å². The molecule has 3 aromatic rings. The van der Waals surface area contributed by atoms with Gasteiger partial charge in [-0.2, -0.15) is 0 Å². The standard InChI is InChI=1S/C22H24ClNO/c1-16(2)25-22-12-9-18-5-3-4-6-20(18)21(22)15-24-14-13-17-7-10-19(23)11-8-17/h3-12,16,24H,13-15H2,1-2H3. The van der Waals surface area contributed by atoms with Crippen molar-refractivity contribution in [2.45, 2.75) is 32.9 Å². The fourth-order valence-corrected chi connectivity index (χ4v) is 3.09. The molecule has 0 heterocycles. The van der Waals surface area contributed by atoms with Gasteiger partial charge < -0.3 is 10.1 Å². The summed E-state index contributed by atoms with van der Waals surface area (Å²) >= 11 is 5.94.